The van der Waals surface area contributed by atoms with Gasteiger partial charge in [0.25, 0.3) is 0 Å². The minimum Gasteiger partial charge on any atom is -0.445 e. The van der Waals surface area contributed by atoms with Crippen LogP contribution in [-0.2, 0) is 27.9 Å². The van der Waals surface area contributed by atoms with Crippen LogP contribution >= 0.6 is 0 Å². The highest BCUT2D eigenvalue weighted by molar-refractivity contribution is 5.76. The molecule has 1 saturated heterocycles. The molecule has 3 heterocycles. The predicted octanol–water partition coefficient (Wildman–Crippen LogP) is 1.97. The van der Waals surface area contributed by atoms with Crippen LogP contribution in [0.25, 0.3) is 0 Å². The predicted molar refractivity (Wildman–Crippen MR) is 90.8 cm³/mol. The lowest BCUT2D eigenvalue weighted by molar-refractivity contribution is -0.132. The van der Waals surface area contributed by atoms with Gasteiger partial charge in [-0.2, -0.15) is 0 Å². The van der Waals surface area contributed by atoms with Crippen LogP contribution in [0.2, 0.25) is 0 Å². The highest BCUT2D eigenvalue weighted by Gasteiger charge is 2.28. The maximum absolute atomic E-state index is 12.5. The van der Waals surface area contributed by atoms with Crippen LogP contribution in [0.15, 0.2) is 4.42 Å². The Hall–Kier alpha value is -1.40. The minimum atomic E-state index is -0.0929. The summed E-state index contributed by atoms with van der Waals surface area (Å²) >= 11 is 0. The largest absolute Gasteiger partial charge is 0.445 e. The first kappa shape index (κ1) is 17.4. The summed E-state index contributed by atoms with van der Waals surface area (Å²) in [6.07, 6.45) is 2.29. The van der Waals surface area contributed by atoms with Crippen molar-refractivity contribution in [3.8, 4) is 0 Å². The monoisotopic (exact) mass is 335 g/mol. The Morgan fingerprint density at radius 2 is 1.96 bits per heavy atom. The van der Waals surface area contributed by atoms with Crippen LogP contribution in [0.1, 0.15) is 51.0 Å². The molecular formula is C18H29N3O3. The molecule has 1 aromatic heterocycles. The van der Waals surface area contributed by atoms with Gasteiger partial charge in [0.1, 0.15) is 11.5 Å². The first-order chi connectivity index (χ1) is 11.4. The number of hydrogen-bond acceptors (Lipinski definition) is 5. The third-order valence-corrected chi connectivity index (χ3v) is 4.69. The van der Waals surface area contributed by atoms with Gasteiger partial charge < -0.3 is 14.1 Å². The molecule has 3 rings (SSSR count). The summed E-state index contributed by atoms with van der Waals surface area (Å²) < 4.78 is 11.2. The first-order valence-electron chi connectivity index (χ1n) is 9.00. The number of ether oxygens (including phenoxy) is 1. The zero-order valence-electron chi connectivity index (χ0n) is 15.1. The van der Waals surface area contributed by atoms with Crippen molar-refractivity contribution in [1.82, 2.24) is 14.8 Å². The standard InChI is InChI=1S/C18H29N3O3/c1-18(2,3)17-19-14-13-21(8-6-15(14)24-17)16(22)5-4-7-20-9-11-23-12-10-20/h4-13H2,1-3H3. The van der Waals surface area contributed by atoms with Crippen LogP contribution < -0.4 is 0 Å². The Kier molecular flexibility index (Phi) is 5.25. The number of nitrogens with zero attached hydrogens (tertiary/aromatic N) is 3. The molecule has 1 aromatic rings. The minimum absolute atomic E-state index is 0.0929. The summed E-state index contributed by atoms with van der Waals surface area (Å²) in [7, 11) is 0. The average Bonchev–Trinajstić information content (AvgIpc) is 2.99. The second-order valence-electron chi connectivity index (χ2n) is 7.76. The molecular weight excluding hydrogens is 306 g/mol. The van der Waals surface area contributed by atoms with Gasteiger partial charge >= 0.3 is 0 Å². The van der Waals surface area contributed by atoms with E-state index < -0.39 is 0 Å². The molecule has 0 aliphatic carbocycles. The summed E-state index contributed by atoms with van der Waals surface area (Å²) in [6, 6.07) is 0. The number of fused-ring (bicyclic) bond motifs is 1. The highest BCUT2D eigenvalue weighted by atomic mass is 16.5. The van der Waals surface area contributed by atoms with Crippen molar-refractivity contribution < 1.29 is 13.9 Å². The Balaban J connectivity index is 1.49. The SMILES string of the molecule is CC(C)(C)c1nc2c(o1)CCN(C(=O)CCCN1CCOCC1)C2. The van der Waals surface area contributed by atoms with Gasteiger partial charge in [0.2, 0.25) is 5.91 Å². The number of morpholine rings is 1. The van der Waals surface area contributed by atoms with E-state index in [0.717, 1.165) is 69.6 Å². The van der Waals surface area contributed by atoms with Crippen molar-refractivity contribution >= 4 is 5.91 Å². The lowest BCUT2D eigenvalue weighted by atomic mass is 9.97. The zero-order chi connectivity index (χ0) is 17.2. The van der Waals surface area contributed by atoms with Gasteiger partial charge in [0.15, 0.2) is 5.89 Å². The Morgan fingerprint density at radius 3 is 2.67 bits per heavy atom. The van der Waals surface area contributed by atoms with E-state index in [0.29, 0.717) is 13.0 Å². The Labute approximate surface area is 144 Å². The van der Waals surface area contributed by atoms with Gasteiger partial charge in [-0.25, -0.2) is 4.98 Å². The number of aromatic nitrogens is 1. The number of carbonyl (C=O) groups excluding carboxylic acids is 1. The first-order valence-corrected chi connectivity index (χ1v) is 9.00. The molecule has 2 aliphatic rings. The second kappa shape index (κ2) is 7.23. The molecule has 0 bridgehead atoms. The molecule has 6 heteroatoms. The van der Waals surface area contributed by atoms with Gasteiger partial charge in [-0.05, 0) is 13.0 Å². The average molecular weight is 335 g/mol. The lowest BCUT2D eigenvalue weighted by Crippen LogP contribution is -2.38. The van der Waals surface area contributed by atoms with Crippen molar-refractivity contribution in [3.05, 3.63) is 17.3 Å². The molecule has 134 valence electrons. The Bertz CT molecular complexity index is 571. The van der Waals surface area contributed by atoms with Crippen molar-refractivity contribution in [2.75, 3.05) is 39.4 Å². The van der Waals surface area contributed by atoms with E-state index in [1.165, 1.54) is 0 Å². The zero-order valence-corrected chi connectivity index (χ0v) is 15.1. The topological polar surface area (TPSA) is 58.8 Å². The molecule has 0 N–H and O–H groups in total. The van der Waals surface area contributed by atoms with E-state index in [4.69, 9.17) is 9.15 Å². The van der Waals surface area contributed by atoms with Crippen LogP contribution in [0, 0.1) is 0 Å². The molecule has 0 spiro atoms. The van der Waals surface area contributed by atoms with Gasteiger partial charge in [-0.1, -0.05) is 20.8 Å². The fourth-order valence-corrected chi connectivity index (χ4v) is 3.17. The molecule has 0 atom stereocenters. The van der Waals surface area contributed by atoms with Crippen molar-refractivity contribution in [1.29, 1.82) is 0 Å². The van der Waals surface area contributed by atoms with E-state index in [-0.39, 0.29) is 11.3 Å². The third-order valence-electron chi connectivity index (χ3n) is 4.69. The molecule has 1 amide bonds. The number of oxazole rings is 1. The number of carbonyl (C=O) groups is 1. The van der Waals surface area contributed by atoms with Crippen LogP contribution in [-0.4, -0.2) is 60.1 Å². The maximum atomic E-state index is 12.5. The molecule has 2 aliphatic heterocycles. The van der Waals surface area contributed by atoms with Crippen LogP contribution in [0.4, 0.5) is 0 Å². The van der Waals surface area contributed by atoms with Gasteiger partial charge in [0.05, 0.1) is 19.8 Å². The van der Waals surface area contributed by atoms with E-state index in [1.54, 1.807) is 0 Å². The molecule has 0 unspecified atom stereocenters. The third kappa shape index (κ3) is 4.16. The number of amides is 1. The molecule has 0 radical (unpaired) electrons. The molecule has 0 aromatic carbocycles. The molecule has 24 heavy (non-hydrogen) atoms. The van der Waals surface area contributed by atoms with Crippen LogP contribution in [0.5, 0.6) is 0 Å². The van der Waals surface area contributed by atoms with Gasteiger partial charge in [-0.3, -0.25) is 9.69 Å². The van der Waals surface area contributed by atoms with E-state index in [1.807, 2.05) is 4.90 Å². The summed E-state index contributed by atoms with van der Waals surface area (Å²) in [5, 5.41) is 0. The second-order valence-corrected chi connectivity index (χ2v) is 7.76. The van der Waals surface area contributed by atoms with Crippen molar-refractivity contribution in [2.45, 2.75) is 52.0 Å². The van der Waals surface area contributed by atoms with Crippen molar-refractivity contribution in [3.63, 3.8) is 0 Å². The normalized spacial score (nSPS) is 19.4. The smallest absolute Gasteiger partial charge is 0.222 e. The molecule has 6 nitrogen and oxygen atoms in total. The summed E-state index contributed by atoms with van der Waals surface area (Å²) in [5.41, 5.74) is 0.845. The summed E-state index contributed by atoms with van der Waals surface area (Å²) in [5.74, 6) is 1.96. The van der Waals surface area contributed by atoms with Gasteiger partial charge in [0, 0.05) is 37.9 Å². The Morgan fingerprint density at radius 1 is 1.21 bits per heavy atom. The molecule has 1 fully saturated rings. The highest BCUT2D eigenvalue weighted by Crippen LogP contribution is 2.27. The van der Waals surface area contributed by atoms with E-state index in [9.17, 15) is 4.79 Å². The fourth-order valence-electron chi connectivity index (χ4n) is 3.17. The number of rotatable bonds is 4. The maximum Gasteiger partial charge on any atom is 0.222 e. The van der Waals surface area contributed by atoms with Crippen molar-refractivity contribution in [2.24, 2.45) is 0 Å². The van der Waals surface area contributed by atoms with Crippen LogP contribution in [0.3, 0.4) is 0 Å². The fraction of sp³-hybridized carbons (Fsp3) is 0.778. The summed E-state index contributed by atoms with van der Waals surface area (Å²) in [6.45, 7) is 12.2. The van der Waals surface area contributed by atoms with E-state index >= 15 is 0 Å². The number of hydrogen-bond donors (Lipinski definition) is 0. The summed E-state index contributed by atoms with van der Waals surface area (Å²) in [4.78, 5) is 21.4. The van der Waals surface area contributed by atoms with E-state index in [2.05, 4.69) is 30.7 Å². The lowest BCUT2D eigenvalue weighted by Gasteiger charge is -2.28. The van der Waals surface area contributed by atoms with Gasteiger partial charge in [-0.15, -0.1) is 0 Å². The quantitative estimate of drug-likeness (QED) is 0.842. The molecule has 0 saturated carbocycles.